The molecule has 0 amide bonds. The molecule has 1 aliphatic rings. The highest BCUT2D eigenvalue weighted by atomic mass is 19.1. The summed E-state index contributed by atoms with van der Waals surface area (Å²) in [4.78, 5) is 17.9. The zero-order valence-electron chi connectivity index (χ0n) is 18.8. The Balaban J connectivity index is 2.10. The van der Waals surface area contributed by atoms with Crippen LogP contribution in [0.2, 0.25) is 0 Å². The number of hydrogen-bond acceptors (Lipinski definition) is 5. The summed E-state index contributed by atoms with van der Waals surface area (Å²) in [5.74, 6) is -0.395. The number of aliphatic carboxylic acids is 1. The van der Waals surface area contributed by atoms with Gasteiger partial charge in [0.15, 0.2) is 0 Å². The Labute approximate surface area is 188 Å². The molecule has 6 nitrogen and oxygen atoms in total. The molecule has 0 spiro atoms. The number of carbonyl (C=O) groups is 1. The van der Waals surface area contributed by atoms with Crippen molar-refractivity contribution in [3.63, 3.8) is 0 Å². The highest BCUT2D eigenvalue weighted by Gasteiger charge is 2.25. The quantitative estimate of drug-likeness (QED) is 0.572. The molecule has 2 aromatic rings. The number of fused-ring (bicyclic) bond motifs is 1. The van der Waals surface area contributed by atoms with Crippen molar-refractivity contribution in [2.45, 2.75) is 57.7 Å². The van der Waals surface area contributed by atoms with E-state index in [2.05, 4.69) is 18.7 Å². The largest absolute Gasteiger partial charge is 0.481 e. The van der Waals surface area contributed by atoms with Crippen LogP contribution in [0.25, 0.3) is 17.2 Å². The molecule has 1 aromatic heterocycles. The number of aromatic nitrogens is 1. The van der Waals surface area contributed by atoms with E-state index < -0.39 is 24.6 Å². The van der Waals surface area contributed by atoms with E-state index in [-0.39, 0.29) is 18.2 Å². The third kappa shape index (κ3) is 5.53. The average Bonchev–Trinajstić information content (AvgIpc) is 2.71. The number of benzene rings is 1. The van der Waals surface area contributed by atoms with E-state index in [1.807, 2.05) is 7.05 Å². The van der Waals surface area contributed by atoms with Crippen LogP contribution in [0, 0.1) is 5.82 Å². The maximum Gasteiger partial charge on any atom is 0.305 e. The van der Waals surface area contributed by atoms with E-state index >= 15 is 0 Å². The summed E-state index contributed by atoms with van der Waals surface area (Å²) in [5, 5.41) is 29.1. The number of pyridine rings is 1. The normalized spacial score (nSPS) is 15.8. The Kier molecular flexibility index (Phi) is 7.64. The van der Waals surface area contributed by atoms with Gasteiger partial charge in [-0.05, 0) is 42.0 Å². The summed E-state index contributed by atoms with van der Waals surface area (Å²) in [7, 11) is 2.02. The van der Waals surface area contributed by atoms with Gasteiger partial charge < -0.3 is 20.2 Å². The maximum absolute atomic E-state index is 13.6. The lowest BCUT2D eigenvalue weighted by Gasteiger charge is -2.31. The number of rotatable bonds is 8. The predicted octanol–water partition coefficient (Wildman–Crippen LogP) is 3.99. The summed E-state index contributed by atoms with van der Waals surface area (Å²) >= 11 is 0. The molecule has 0 aliphatic carbocycles. The lowest BCUT2D eigenvalue weighted by molar-refractivity contribution is -0.139. The third-order valence-corrected chi connectivity index (χ3v) is 5.71. The molecular weight excluding hydrogens is 411 g/mol. The lowest BCUT2D eigenvalue weighted by Crippen LogP contribution is -2.27. The fourth-order valence-corrected chi connectivity index (χ4v) is 4.20. The predicted molar refractivity (Wildman–Crippen MR) is 123 cm³/mol. The molecule has 32 heavy (non-hydrogen) atoms. The van der Waals surface area contributed by atoms with Crippen molar-refractivity contribution in [2.75, 3.05) is 18.5 Å². The van der Waals surface area contributed by atoms with Crippen molar-refractivity contribution in [1.82, 2.24) is 4.98 Å². The van der Waals surface area contributed by atoms with Crippen LogP contribution in [-0.2, 0) is 11.2 Å². The third-order valence-electron chi connectivity index (χ3n) is 5.71. The maximum atomic E-state index is 13.6. The molecule has 3 N–H and O–H groups in total. The number of anilines is 1. The monoisotopic (exact) mass is 442 g/mol. The van der Waals surface area contributed by atoms with Gasteiger partial charge in [-0.25, -0.2) is 9.37 Å². The van der Waals surface area contributed by atoms with Gasteiger partial charge in [0.2, 0.25) is 0 Å². The molecule has 1 aromatic carbocycles. The van der Waals surface area contributed by atoms with Crippen LogP contribution in [0.5, 0.6) is 0 Å². The van der Waals surface area contributed by atoms with Gasteiger partial charge >= 0.3 is 5.97 Å². The minimum atomic E-state index is -1.14. The fourth-order valence-electron chi connectivity index (χ4n) is 4.20. The standard InChI is InChI=1S/C25H31FN2O4/c1-15(2)24-20(11-10-18(29)13-19(30)14-22(31)32)23(16-6-8-17(26)9-7-16)21-5-4-12-28(3)25(21)27-24/h6-11,15,18-19,29-30H,4-5,12-14H2,1-3H3,(H,31,32)/t18?,19-/m1/s1. The number of hydrogen-bond donors (Lipinski definition) is 3. The first-order valence-electron chi connectivity index (χ1n) is 11.0. The Morgan fingerprint density at radius 2 is 1.94 bits per heavy atom. The molecule has 2 atom stereocenters. The highest BCUT2D eigenvalue weighted by Crippen LogP contribution is 2.40. The second-order valence-corrected chi connectivity index (χ2v) is 8.69. The second kappa shape index (κ2) is 10.2. The molecule has 0 fully saturated rings. The van der Waals surface area contributed by atoms with Gasteiger partial charge in [0.1, 0.15) is 11.6 Å². The number of carboxylic acid groups (broad SMARTS) is 1. The van der Waals surface area contributed by atoms with E-state index in [4.69, 9.17) is 10.1 Å². The van der Waals surface area contributed by atoms with Gasteiger partial charge in [0.25, 0.3) is 0 Å². The summed E-state index contributed by atoms with van der Waals surface area (Å²) in [6, 6.07) is 6.39. The number of carboxylic acids is 1. The molecule has 2 heterocycles. The van der Waals surface area contributed by atoms with Crippen molar-refractivity contribution in [3.05, 3.63) is 53.0 Å². The Hall–Kier alpha value is -2.77. The molecule has 3 rings (SSSR count). The van der Waals surface area contributed by atoms with Gasteiger partial charge in [-0.3, -0.25) is 4.79 Å². The molecule has 1 aliphatic heterocycles. The molecule has 0 saturated heterocycles. The summed E-state index contributed by atoms with van der Waals surface area (Å²) in [5.41, 5.74) is 4.66. The molecule has 1 unspecified atom stereocenters. The molecule has 0 bridgehead atoms. The van der Waals surface area contributed by atoms with Crippen LogP contribution in [0.4, 0.5) is 10.2 Å². The minimum Gasteiger partial charge on any atom is -0.481 e. The number of aliphatic hydroxyl groups is 2. The fraction of sp³-hybridized carbons (Fsp3) is 0.440. The molecule has 172 valence electrons. The number of halogens is 1. The first-order valence-corrected chi connectivity index (χ1v) is 11.0. The summed E-state index contributed by atoms with van der Waals surface area (Å²) in [6.45, 7) is 5.02. The Morgan fingerprint density at radius 3 is 2.56 bits per heavy atom. The topological polar surface area (TPSA) is 93.9 Å². The van der Waals surface area contributed by atoms with Gasteiger partial charge in [-0.1, -0.05) is 38.1 Å². The lowest BCUT2D eigenvalue weighted by atomic mass is 9.87. The van der Waals surface area contributed by atoms with E-state index in [0.717, 1.165) is 53.2 Å². The van der Waals surface area contributed by atoms with E-state index in [0.29, 0.717) is 0 Å². The van der Waals surface area contributed by atoms with Crippen LogP contribution >= 0.6 is 0 Å². The zero-order chi connectivity index (χ0) is 23.4. The van der Waals surface area contributed by atoms with Crippen molar-refractivity contribution in [1.29, 1.82) is 0 Å². The van der Waals surface area contributed by atoms with Gasteiger partial charge in [0, 0.05) is 31.1 Å². The SMILES string of the molecule is CC(C)c1nc2c(c(-c3ccc(F)cc3)c1C=CC(O)C[C@@H](O)CC(=O)O)CCCN2C. The van der Waals surface area contributed by atoms with Crippen LogP contribution in [-0.4, -0.2) is 52.1 Å². The van der Waals surface area contributed by atoms with E-state index in [9.17, 15) is 19.4 Å². The highest BCUT2D eigenvalue weighted by molar-refractivity contribution is 5.83. The molecule has 0 radical (unpaired) electrons. The van der Waals surface area contributed by atoms with E-state index in [1.54, 1.807) is 24.3 Å². The second-order valence-electron chi connectivity index (χ2n) is 8.69. The molecule has 7 heteroatoms. The molecular formula is C25H31FN2O4. The van der Waals surface area contributed by atoms with Crippen LogP contribution in [0.15, 0.2) is 30.3 Å². The van der Waals surface area contributed by atoms with E-state index in [1.165, 1.54) is 12.1 Å². The summed E-state index contributed by atoms with van der Waals surface area (Å²) < 4.78 is 13.6. The smallest absolute Gasteiger partial charge is 0.305 e. The van der Waals surface area contributed by atoms with Crippen LogP contribution in [0.3, 0.4) is 0 Å². The summed E-state index contributed by atoms with van der Waals surface area (Å²) in [6.07, 6.45) is 2.55. The van der Waals surface area contributed by atoms with Gasteiger partial charge in [-0.15, -0.1) is 0 Å². The van der Waals surface area contributed by atoms with Crippen LogP contribution < -0.4 is 4.90 Å². The first-order chi connectivity index (χ1) is 15.2. The number of aliphatic hydroxyl groups excluding tert-OH is 2. The molecule has 0 saturated carbocycles. The zero-order valence-corrected chi connectivity index (χ0v) is 18.8. The van der Waals surface area contributed by atoms with Gasteiger partial charge in [-0.2, -0.15) is 0 Å². The Bertz CT molecular complexity index is 988. The van der Waals surface area contributed by atoms with Crippen molar-refractivity contribution in [2.24, 2.45) is 0 Å². The Morgan fingerprint density at radius 1 is 1.25 bits per heavy atom. The average molecular weight is 443 g/mol. The van der Waals surface area contributed by atoms with Crippen molar-refractivity contribution < 1.29 is 24.5 Å². The first kappa shape index (κ1) is 23.9. The van der Waals surface area contributed by atoms with Gasteiger partial charge in [0.05, 0.1) is 24.3 Å². The minimum absolute atomic E-state index is 0.0766. The van der Waals surface area contributed by atoms with Crippen molar-refractivity contribution in [3.8, 4) is 11.1 Å². The van der Waals surface area contributed by atoms with Crippen molar-refractivity contribution >= 4 is 17.9 Å². The number of nitrogens with zero attached hydrogens (tertiary/aromatic N) is 2. The van der Waals surface area contributed by atoms with Crippen LogP contribution in [0.1, 0.15) is 55.8 Å².